The summed E-state index contributed by atoms with van der Waals surface area (Å²) in [7, 11) is 0. The highest BCUT2D eigenvalue weighted by molar-refractivity contribution is 5.83. The van der Waals surface area contributed by atoms with Crippen LogP contribution in [0.25, 0.3) is 0 Å². The quantitative estimate of drug-likeness (QED) is 0.864. The third kappa shape index (κ3) is 3.15. The summed E-state index contributed by atoms with van der Waals surface area (Å²) in [5, 5.41) is 4.58. The zero-order valence-electron chi connectivity index (χ0n) is 14.9. The van der Waals surface area contributed by atoms with Crippen LogP contribution in [0.4, 0.5) is 0 Å². The molecule has 0 N–H and O–H groups in total. The first-order chi connectivity index (χ1) is 12.1. The van der Waals surface area contributed by atoms with Crippen molar-refractivity contribution in [1.29, 1.82) is 0 Å². The van der Waals surface area contributed by atoms with E-state index in [0.717, 1.165) is 48.6 Å². The molecule has 0 saturated carbocycles. The molecule has 2 aliphatic rings. The number of carbonyl (C=O) groups is 1. The molecule has 3 heterocycles. The molecule has 1 saturated heterocycles. The largest absolute Gasteiger partial charge is 0.480 e. The van der Waals surface area contributed by atoms with Crippen molar-refractivity contribution in [3.05, 3.63) is 47.3 Å². The molecule has 2 aromatic rings. The molecule has 0 bridgehead atoms. The van der Waals surface area contributed by atoms with Crippen molar-refractivity contribution < 1.29 is 9.53 Å². The summed E-state index contributed by atoms with van der Waals surface area (Å²) in [5.41, 5.74) is 3.31. The monoisotopic (exact) mass is 339 g/mol. The number of likely N-dealkylation sites (tertiary alicyclic amines) is 1. The topological polar surface area (TPSA) is 47.4 Å². The maximum absolute atomic E-state index is 13.1. The highest BCUT2D eigenvalue weighted by atomic mass is 16.5. The van der Waals surface area contributed by atoms with Gasteiger partial charge in [0, 0.05) is 18.7 Å². The molecule has 2 atom stereocenters. The molecule has 1 aromatic carbocycles. The van der Waals surface area contributed by atoms with Crippen LogP contribution in [0.5, 0.6) is 5.75 Å². The third-order valence-corrected chi connectivity index (χ3v) is 5.32. The molecule has 5 nitrogen and oxygen atoms in total. The molecule has 0 unspecified atom stereocenters. The van der Waals surface area contributed by atoms with Gasteiger partial charge < -0.3 is 9.64 Å². The summed E-state index contributed by atoms with van der Waals surface area (Å²) in [6.45, 7) is 5.67. The Morgan fingerprint density at radius 2 is 2.12 bits per heavy atom. The average Bonchev–Trinajstić information content (AvgIpc) is 3.17. The van der Waals surface area contributed by atoms with E-state index in [-0.39, 0.29) is 18.1 Å². The molecular formula is C20H25N3O2. The van der Waals surface area contributed by atoms with Gasteiger partial charge in [0.05, 0.1) is 18.3 Å². The van der Waals surface area contributed by atoms with Crippen LogP contribution in [0.2, 0.25) is 0 Å². The van der Waals surface area contributed by atoms with Crippen molar-refractivity contribution in [2.75, 3.05) is 6.54 Å². The molecule has 25 heavy (non-hydrogen) atoms. The minimum Gasteiger partial charge on any atom is -0.480 e. The summed E-state index contributed by atoms with van der Waals surface area (Å²) >= 11 is 0. The van der Waals surface area contributed by atoms with E-state index in [2.05, 4.69) is 18.1 Å². The van der Waals surface area contributed by atoms with Crippen LogP contribution in [-0.4, -0.2) is 39.3 Å². The predicted octanol–water partition coefficient (Wildman–Crippen LogP) is 2.88. The lowest BCUT2D eigenvalue weighted by molar-refractivity contribution is -0.142. The molecule has 1 fully saturated rings. The van der Waals surface area contributed by atoms with E-state index >= 15 is 0 Å². The number of aryl methyl sites for hydroxylation is 2. The number of amides is 1. The van der Waals surface area contributed by atoms with Crippen LogP contribution in [0, 0.1) is 13.8 Å². The van der Waals surface area contributed by atoms with Crippen molar-refractivity contribution in [3.8, 4) is 5.75 Å². The van der Waals surface area contributed by atoms with E-state index < -0.39 is 0 Å². The first-order valence-electron chi connectivity index (χ1n) is 9.18. The molecule has 1 amide bonds. The molecule has 5 heteroatoms. The molecule has 4 rings (SSSR count). The van der Waals surface area contributed by atoms with Crippen molar-refractivity contribution in [1.82, 2.24) is 14.7 Å². The van der Waals surface area contributed by atoms with E-state index in [1.54, 1.807) is 0 Å². The Kier molecular flexibility index (Phi) is 4.24. The van der Waals surface area contributed by atoms with Crippen LogP contribution < -0.4 is 4.74 Å². The Balaban J connectivity index is 1.49. The number of benzene rings is 1. The number of para-hydroxylation sites is 1. The van der Waals surface area contributed by atoms with Gasteiger partial charge >= 0.3 is 0 Å². The van der Waals surface area contributed by atoms with Gasteiger partial charge in [-0.3, -0.25) is 9.48 Å². The number of aromatic nitrogens is 2. The van der Waals surface area contributed by atoms with E-state index in [9.17, 15) is 4.79 Å². The highest BCUT2D eigenvalue weighted by Gasteiger charge is 2.36. The number of nitrogens with zero attached hydrogens (tertiary/aromatic N) is 3. The first-order valence-corrected chi connectivity index (χ1v) is 9.18. The van der Waals surface area contributed by atoms with E-state index in [1.807, 2.05) is 40.8 Å². The van der Waals surface area contributed by atoms with Crippen LogP contribution in [0.3, 0.4) is 0 Å². The fourth-order valence-electron chi connectivity index (χ4n) is 4.04. The number of ether oxygens (including phenoxy) is 1. The van der Waals surface area contributed by atoms with Crippen LogP contribution in [0.15, 0.2) is 30.3 Å². The maximum atomic E-state index is 13.1. The van der Waals surface area contributed by atoms with Crippen molar-refractivity contribution >= 4 is 5.91 Å². The molecule has 1 aromatic heterocycles. The number of hydrogen-bond donors (Lipinski definition) is 0. The first kappa shape index (κ1) is 16.2. The second-order valence-electron chi connectivity index (χ2n) is 7.21. The zero-order chi connectivity index (χ0) is 17.4. The Bertz CT molecular complexity index is 758. The third-order valence-electron chi connectivity index (χ3n) is 5.32. The van der Waals surface area contributed by atoms with Gasteiger partial charge in [-0.05, 0) is 50.8 Å². The fourth-order valence-corrected chi connectivity index (χ4v) is 4.04. The minimum atomic E-state index is -0.376. The summed E-state index contributed by atoms with van der Waals surface area (Å²) in [4.78, 5) is 15.2. The van der Waals surface area contributed by atoms with Gasteiger partial charge in [-0.15, -0.1) is 0 Å². The van der Waals surface area contributed by atoms with Crippen molar-refractivity contribution in [3.63, 3.8) is 0 Å². The van der Waals surface area contributed by atoms with Crippen molar-refractivity contribution in [2.24, 2.45) is 0 Å². The number of fused-ring (bicyclic) bond motifs is 1. The van der Waals surface area contributed by atoms with E-state index in [0.29, 0.717) is 6.42 Å². The zero-order valence-corrected chi connectivity index (χ0v) is 14.9. The van der Waals surface area contributed by atoms with Gasteiger partial charge in [0.15, 0.2) is 6.10 Å². The van der Waals surface area contributed by atoms with Crippen LogP contribution in [-0.2, 0) is 17.8 Å². The smallest absolute Gasteiger partial charge is 0.264 e. The maximum Gasteiger partial charge on any atom is 0.264 e. The van der Waals surface area contributed by atoms with Crippen LogP contribution >= 0.6 is 0 Å². The lowest BCUT2D eigenvalue weighted by atomic mass is 10.00. The number of carbonyl (C=O) groups excluding carboxylic acids is 1. The number of piperidine rings is 1. The molecule has 2 aliphatic heterocycles. The van der Waals surface area contributed by atoms with Gasteiger partial charge in [-0.1, -0.05) is 18.2 Å². The van der Waals surface area contributed by atoms with Gasteiger partial charge in [0.1, 0.15) is 5.75 Å². The van der Waals surface area contributed by atoms with Gasteiger partial charge in [0.2, 0.25) is 0 Å². The molecular weight excluding hydrogens is 314 g/mol. The average molecular weight is 339 g/mol. The fraction of sp³-hybridized carbons (Fsp3) is 0.500. The Labute approximate surface area is 148 Å². The predicted molar refractivity (Wildman–Crippen MR) is 95.6 cm³/mol. The molecule has 0 radical (unpaired) electrons. The summed E-state index contributed by atoms with van der Waals surface area (Å²) < 4.78 is 7.97. The van der Waals surface area contributed by atoms with Crippen LogP contribution in [0.1, 0.15) is 36.2 Å². The summed E-state index contributed by atoms with van der Waals surface area (Å²) in [6, 6.07) is 10.2. The standard InChI is InChI=1S/C20H25N3O2/c1-14-11-15(2)23(21-14)13-17-8-5-6-10-22(17)20(24)19-12-16-7-3-4-9-18(16)25-19/h3-4,7,9,11,17,19H,5-6,8,10,12-13H2,1-2H3/t17-,19-/m0/s1. The van der Waals surface area contributed by atoms with Gasteiger partial charge in [-0.25, -0.2) is 0 Å². The van der Waals surface area contributed by atoms with Gasteiger partial charge in [-0.2, -0.15) is 5.10 Å². The second-order valence-corrected chi connectivity index (χ2v) is 7.21. The lowest BCUT2D eigenvalue weighted by Crippen LogP contribution is -2.51. The normalized spacial score (nSPS) is 22.6. The summed E-state index contributed by atoms with van der Waals surface area (Å²) in [6.07, 6.45) is 3.57. The van der Waals surface area contributed by atoms with Crippen molar-refractivity contribution in [2.45, 2.75) is 58.2 Å². The van der Waals surface area contributed by atoms with Gasteiger partial charge in [0.25, 0.3) is 5.91 Å². The summed E-state index contributed by atoms with van der Waals surface area (Å²) in [5.74, 6) is 0.982. The molecule has 0 aliphatic carbocycles. The Morgan fingerprint density at radius 1 is 1.28 bits per heavy atom. The highest BCUT2D eigenvalue weighted by Crippen LogP contribution is 2.30. The SMILES string of the molecule is Cc1cc(C)n(C[C@@H]2CCCCN2C(=O)[C@@H]2Cc3ccccc3O2)n1. The molecule has 132 valence electrons. The minimum absolute atomic E-state index is 0.127. The Morgan fingerprint density at radius 3 is 2.88 bits per heavy atom. The van der Waals surface area contributed by atoms with E-state index in [1.165, 1.54) is 6.42 Å². The second kappa shape index (κ2) is 6.54. The van der Waals surface area contributed by atoms with E-state index in [4.69, 9.17) is 4.74 Å². The molecule has 0 spiro atoms. The number of hydrogen-bond acceptors (Lipinski definition) is 3. The lowest BCUT2D eigenvalue weighted by Gasteiger charge is -2.37. The number of rotatable bonds is 3. The Hall–Kier alpha value is -2.30.